The van der Waals surface area contributed by atoms with Crippen LogP contribution in [0.3, 0.4) is 0 Å². The van der Waals surface area contributed by atoms with Gasteiger partial charge in [-0.05, 0) is 25.1 Å². The third kappa shape index (κ3) is 2.58. The van der Waals surface area contributed by atoms with Crippen molar-refractivity contribution in [2.75, 3.05) is 25.5 Å². The number of hydrogen-bond donors (Lipinski definition) is 2. The van der Waals surface area contributed by atoms with Gasteiger partial charge < -0.3 is 15.4 Å². The van der Waals surface area contributed by atoms with E-state index in [2.05, 4.69) is 10.6 Å². The van der Waals surface area contributed by atoms with Crippen molar-refractivity contribution in [1.82, 2.24) is 5.32 Å². The van der Waals surface area contributed by atoms with Gasteiger partial charge in [0, 0.05) is 18.3 Å². The third-order valence-electron chi connectivity index (χ3n) is 3.46. The Morgan fingerprint density at radius 3 is 2.75 bits per heavy atom. The van der Waals surface area contributed by atoms with E-state index in [4.69, 9.17) is 4.74 Å². The monoisotopic (exact) mass is 288 g/mol. The molecule has 1 amide bonds. The Bertz CT molecular complexity index is 497. The Kier molecular flexibility index (Phi) is 3.89. The molecule has 0 radical (unpaired) electrons. The summed E-state index contributed by atoms with van der Waals surface area (Å²) in [5, 5.41) is 4.93. The lowest BCUT2D eigenvalue weighted by Gasteiger charge is -2.29. The van der Waals surface area contributed by atoms with Gasteiger partial charge in [0.2, 0.25) is 5.91 Å². The Hall–Kier alpha value is -1.76. The maximum atomic E-state index is 13.2. The van der Waals surface area contributed by atoms with Crippen LogP contribution in [0.5, 0.6) is 5.75 Å². The number of methoxy groups -OCH3 is 1. The SMILES string of the molecule is COc1cccc(NC(=O)C2(C(F)(F)F)CCNC2)c1. The molecule has 1 unspecified atom stereocenters. The average molecular weight is 288 g/mol. The number of rotatable bonds is 3. The Morgan fingerprint density at radius 1 is 1.45 bits per heavy atom. The van der Waals surface area contributed by atoms with Crippen molar-refractivity contribution in [3.05, 3.63) is 24.3 Å². The second-order valence-corrected chi connectivity index (χ2v) is 4.69. The van der Waals surface area contributed by atoms with Crippen molar-refractivity contribution in [3.8, 4) is 5.75 Å². The van der Waals surface area contributed by atoms with Crippen molar-refractivity contribution < 1.29 is 22.7 Å². The van der Waals surface area contributed by atoms with Gasteiger partial charge in [0.05, 0.1) is 7.11 Å². The summed E-state index contributed by atoms with van der Waals surface area (Å²) in [6.45, 7) is -0.225. The molecule has 1 aromatic rings. The van der Waals surface area contributed by atoms with E-state index in [1.54, 1.807) is 12.1 Å². The van der Waals surface area contributed by atoms with Crippen LogP contribution >= 0.6 is 0 Å². The van der Waals surface area contributed by atoms with E-state index in [-0.39, 0.29) is 18.7 Å². The molecule has 1 aliphatic heterocycles. The maximum absolute atomic E-state index is 13.2. The van der Waals surface area contributed by atoms with E-state index < -0.39 is 24.0 Å². The van der Waals surface area contributed by atoms with Gasteiger partial charge in [0.25, 0.3) is 0 Å². The van der Waals surface area contributed by atoms with Crippen molar-refractivity contribution in [2.24, 2.45) is 5.41 Å². The highest BCUT2D eigenvalue weighted by Crippen LogP contribution is 2.43. The first-order chi connectivity index (χ1) is 9.39. The first-order valence-corrected chi connectivity index (χ1v) is 6.12. The molecule has 4 nitrogen and oxygen atoms in total. The van der Waals surface area contributed by atoms with Gasteiger partial charge in [0.15, 0.2) is 5.41 Å². The first kappa shape index (κ1) is 14.6. The highest BCUT2D eigenvalue weighted by Gasteiger charge is 2.61. The molecule has 0 bridgehead atoms. The summed E-state index contributed by atoms with van der Waals surface area (Å²) in [6.07, 6.45) is -4.84. The van der Waals surface area contributed by atoms with Gasteiger partial charge in [-0.2, -0.15) is 13.2 Å². The van der Waals surface area contributed by atoms with E-state index in [0.717, 1.165) is 0 Å². The molecule has 1 aromatic carbocycles. The lowest BCUT2D eigenvalue weighted by atomic mass is 9.85. The molecule has 20 heavy (non-hydrogen) atoms. The number of alkyl halides is 3. The number of carbonyl (C=O) groups is 1. The Balaban J connectivity index is 2.21. The lowest BCUT2D eigenvalue weighted by molar-refractivity contribution is -0.213. The number of hydrogen-bond acceptors (Lipinski definition) is 3. The molecule has 1 fully saturated rings. The summed E-state index contributed by atoms with van der Waals surface area (Å²) >= 11 is 0. The van der Waals surface area contributed by atoms with E-state index in [9.17, 15) is 18.0 Å². The molecule has 1 saturated heterocycles. The molecular formula is C13H15F3N2O2. The fraction of sp³-hybridized carbons (Fsp3) is 0.462. The van der Waals surface area contributed by atoms with E-state index >= 15 is 0 Å². The molecule has 0 saturated carbocycles. The summed E-state index contributed by atoms with van der Waals surface area (Å²) in [7, 11) is 1.44. The van der Waals surface area contributed by atoms with E-state index in [1.165, 1.54) is 19.2 Å². The number of amides is 1. The van der Waals surface area contributed by atoms with Crippen molar-refractivity contribution in [3.63, 3.8) is 0 Å². The number of nitrogens with one attached hydrogen (secondary N) is 2. The summed E-state index contributed by atoms with van der Waals surface area (Å²) in [5.41, 5.74) is -2.08. The zero-order valence-electron chi connectivity index (χ0n) is 10.9. The zero-order valence-corrected chi connectivity index (χ0v) is 10.9. The molecule has 1 atom stereocenters. The number of benzene rings is 1. The number of carbonyl (C=O) groups excluding carboxylic acids is 1. The molecular weight excluding hydrogens is 273 g/mol. The van der Waals surface area contributed by atoms with Gasteiger partial charge in [-0.1, -0.05) is 6.07 Å². The second kappa shape index (κ2) is 5.32. The minimum atomic E-state index is -4.58. The molecule has 2 rings (SSSR count). The average Bonchev–Trinajstić information content (AvgIpc) is 2.89. The fourth-order valence-electron chi connectivity index (χ4n) is 2.21. The maximum Gasteiger partial charge on any atom is 0.404 e. The molecule has 0 spiro atoms. The standard InChI is InChI=1S/C13H15F3N2O2/c1-20-10-4-2-3-9(7-10)18-11(19)12(13(14,15)16)5-6-17-8-12/h2-4,7,17H,5-6,8H2,1H3,(H,18,19). The zero-order chi connectivity index (χ0) is 14.8. The van der Waals surface area contributed by atoms with Crippen LogP contribution in [0.4, 0.5) is 18.9 Å². The lowest BCUT2D eigenvalue weighted by Crippen LogP contribution is -2.49. The van der Waals surface area contributed by atoms with E-state index in [1.807, 2.05) is 0 Å². The van der Waals surface area contributed by atoms with Gasteiger partial charge >= 0.3 is 6.18 Å². The minimum absolute atomic E-state index is 0.172. The quantitative estimate of drug-likeness (QED) is 0.896. The van der Waals surface area contributed by atoms with Crippen LogP contribution in [-0.2, 0) is 4.79 Å². The first-order valence-electron chi connectivity index (χ1n) is 6.12. The number of halogens is 3. The van der Waals surface area contributed by atoms with Crippen LogP contribution in [0.2, 0.25) is 0 Å². The van der Waals surface area contributed by atoms with Gasteiger partial charge in [-0.3, -0.25) is 4.79 Å². The highest BCUT2D eigenvalue weighted by molar-refractivity contribution is 5.96. The summed E-state index contributed by atoms with van der Waals surface area (Å²) in [6, 6.07) is 6.24. The van der Waals surface area contributed by atoms with Crippen LogP contribution in [0, 0.1) is 5.41 Å². The molecule has 0 aliphatic carbocycles. The Labute approximate surface area is 114 Å². The van der Waals surface area contributed by atoms with Crippen LogP contribution in [0.1, 0.15) is 6.42 Å². The predicted molar refractivity (Wildman–Crippen MR) is 67.6 cm³/mol. The largest absolute Gasteiger partial charge is 0.497 e. The van der Waals surface area contributed by atoms with Crippen molar-refractivity contribution in [2.45, 2.75) is 12.6 Å². The van der Waals surface area contributed by atoms with Gasteiger partial charge in [0.1, 0.15) is 5.75 Å². The van der Waals surface area contributed by atoms with E-state index in [0.29, 0.717) is 5.75 Å². The highest BCUT2D eigenvalue weighted by atomic mass is 19.4. The predicted octanol–water partition coefficient (Wildman–Crippen LogP) is 2.18. The normalized spacial score (nSPS) is 22.6. The second-order valence-electron chi connectivity index (χ2n) is 4.69. The smallest absolute Gasteiger partial charge is 0.404 e. The third-order valence-corrected chi connectivity index (χ3v) is 3.46. The minimum Gasteiger partial charge on any atom is -0.497 e. The Morgan fingerprint density at radius 2 is 2.20 bits per heavy atom. The van der Waals surface area contributed by atoms with Crippen LogP contribution in [0.25, 0.3) is 0 Å². The topological polar surface area (TPSA) is 50.4 Å². The molecule has 1 heterocycles. The molecule has 2 N–H and O–H groups in total. The molecule has 0 aromatic heterocycles. The molecule has 1 aliphatic rings. The summed E-state index contributed by atoms with van der Waals surface area (Å²) in [4.78, 5) is 12.1. The summed E-state index contributed by atoms with van der Waals surface area (Å²) in [5.74, 6) is -0.573. The van der Waals surface area contributed by atoms with Crippen LogP contribution in [-0.4, -0.2) is 32.3 Å². The molecule has 110 valence electrons. The summed E-state index contributed by atoms with van der Waals surface area (Å²) < 4.78 is 44.5. The fourth-order valence-corrected chi connectivity index (χ4v) is 2.21. The van der Waals surface area contributed by atoms with Crippen molar-refractivity contribution in [1.29, 1.82) is 0 Å². The molecule has 7 heteroatoms. The van der Waals surface area contributed by atoms with Crippen LogP contribution < -0.4 is 15.4 Å². The number of anilines is 1. The van der Waals surface area contributed by atoms with Crippen LogP contribution in [0.15, 0.2) is 24.3 Å². The van der Waals surface area contributed by atoms with Crippen molar-refractivity contribution >= 4 is 11.6 Å². The number of ether oxygens (including phenoxy) is 1. The van der Waals surface area contributed by atoms with Gasteiger partial charge in [-0.25, -0.2) is 0 Å². The van der Waals surface area contributed by atoms with Gasteiger partial charge in [-0.15, -0.1) is 0 Å².